The number of carbonyl (C=O) groups is 1. The first-order valence-corrected chi connectivity index (χ1v) is 5.94. The van der Waals surface area contributed by atoms with Crippen LogP contribution in [0.1, 0.15) is 29.3 Å². The highest BCUT2D eigenvalue weighted by atomic mass is 16.3. The molecule has 0 aromatic heterocycles. The van der Waals surface area contributed by atoms with Crippen LogP contribution < -0.4 is 0 Å². The van der Waals surface area contributed by atoms with Crippen molar-refractivity contribution < 1.29 is 9.90 Å². The summed E-state index contributed by atoms with van der Waals surface area (Å²) in [5.74, 6) is 12.3. The van der Waals surface area contributed by atoms with Crippen molar-refractivity contribution in [1.82, 2.24) is 0 Å². The third-order valence-electron chi connectivity index (χ3n) is 2.98. The molecule has 0 spiro atoms. The molecule has 1 aromatic carbocycles. The number of carbonyl (C=O) groups excluding carboxylic acids is 1. The molecule has 0 unspecified atom stereocenters. The predicted octanol–water partition coefficient (Wildman–Crippen LogP) is 1.87. The normalized spacial score (nSPS) is 20.1. The molecule has 1 fully saturated rings. The molecule has 1 saturated carbocycles. The fraction of sp³-hybridized carbons (Fsp3) is 0.312. The molecule has 1 aliphatic rings. The minimum atomic E-state index is 0.0538. The Morgan fingerprint density at radius 3 is 2.61 bits per heavy atom. The summed E-state index contributed by atoms with van der Waals surface area (Å²) in [6.07, 6.45) is 0.985. The van der Waals surface area contributed by atoms with Gasteiger partial charge in [-0.05, 0) is 43.2 Å². The van der Waals surface area contributed by atoms with Crippen LogP contribution >= 0.6 is 0 Å². The van der Waals surface area contributed by atoms with E-state index in [1.54, 1.807) is 19.1 Å². The van der Waals surface area contributed by atoms with E-state index in [1.807, 2.05) is 12.1 Å². The molecule has 1 aliphatic carbocycles. The molecule has 0 radical (unpaired) electrons. The zero-order valence-corrected chi connectivity index (χ0v) is 10.2. The smallest absolute Gasteiger partial charge is 0.159 e. The van der Waals surface area contributed by atoms with Crippen molar-refractivity contribution in [2.24, 2.45) is 11.8 Å². The van der Waals surface area contributed by atoms with E-state index >= 15 is 0 Å². The average Bonchev–Trinajstić information content (AvgIpc) is 3.14. The summed E-state index contributed by atoms with van der Waals surface area (Å²) in [7, 11) is 0. The fourth-order valence-electron chi connectivity index (χ4n) is 1.65. The molecule has 2 nitrogen and oxygen atoms in total. The highest BCUT2D eigenvalue weighted by Crippen LogP contribution is 2.36. The summed E-state index contributed by atoms with van der Waals surface area (Å²) in [6.45, 7) is 1.76. The van der Waals surface area contributed by atoms with Crippen LogP contribution in [-0.2, 0) is 0 Å². The highest BCUT2D eigenvalue weighted by Gasteiger charge is 2.34. The van der Waals surface area contributed by atoms with Crippen LogP contribution in [0.5, 0.6) is 0 Å². The number of hydrogen-bond acceptors (Lipinski definition) is 2. The molecular weight excluding hydrogens is 224 g/mol. The molecule has 0 aliphatic heterocycles. The number of rotatable bonds is 2. The molecule has 0 heterocycles. The minimum Gasteiger partial charge on any atom is -0.396 e. The molecule has 2 atom stereocenters. The van der Waals surface area contributed by atoms with Crippen molar-refractivity contribution in [3.63, 3.8) is 0 Å². The van der Waals surface area contributed by atoms with Gasteiger partial charge in [-0.15, -0.1) is 0 Å². The van der Waals surface area contributed by atoms with E-state index in [0.717, 1.165) is 12.0 Å². The van der Waals surface area contributed by atoms with Crippen molar-refractivity contribution in [3.05, 3.63) is 35.4 Å². The SMILES string of the molecule is CC(=O)c1ccc(C#CC#C[C@@H]2C[C@H]2CO)cc1. The lowest BCUT2D eigenvalue weighted by atomic mass is 10.1. The average molecular weight is 238 g/mol. The molecule has 18 heavy (non-hydrogen) atoms. The Labute approximate surface area is 107 Å². The maximum Gasteiger partial charge on any atom is 0.159 e. The number of hydrogen-bond donors (Lipinski definition) is 1. The van der Waals surface area contributed by atoms with E-state index in [2.05, 4.69) is 23.7 Å². The zero-order valence-electron chi connectivity index (χ0n) is 10.2. The first-order valence-electron chi connectivity index (χ1n) is 5.94. The van der Waals surface area contributed by atoms with Crippen molar-refractivity contribution in [2.45, 2.75) is 13.3 Å². The second kappa shape index (κ2) is 5.54. The van der Waals surface area contributed by atoms with Gasteiger partial charge >= 0.3 is 0 Å². The van der Waals surface area contributed by atoms with Gasteiger partial charge in [-0.25, -0.2) is 0 Å². The molecule has 0 amide bonds. The summed E-state index contributed by atoms with van der Waals surface area (Å²) in [6, 6.07) is 7.17. The number of aliphatic hydroxyl groups excluding tert-OH is 1. The Morgan fingerprint density at radius 1 is 1.33 bits per heavy atom. The highest BCUT2D eigenvalue weighted by molar-refractivity contribution is 5.94. The van der Waals surface area contributed by atoms with Crippen molar-refractivity contribution in [1.29, 1.82) is 0 Å². The summed E-state index contributed by atoms with van der Waals surface area (Å²) in [5.41, 5.74) is 1.54. The van der Waals surface area contributed by atoms with Crippen LogP contribution in [0.4, 0.5) is 0 Å². The molecule has 2 heteroatoms. The van der Waals surface area contributed by atoms with Gasteiger partial charge in [0, 0.05) is 23.7 Å². The fourth-order valence-corrected chi connectivity index (χ4v) is 1.65. The van der Waals surface area contributed by atoms with Gasteiger partial charge < -0.3 is 5.11 Å². The van der Waals surface area contributed by atoms with Crippen LogP contribution in [0.2, 0.25) is 0 Å². The summed E-state index contributed by atoms with van der Waals surface area (Å²) >= 11 is 0. The van der Waals surface area contributed by atoms with Crippen LogP contribution in [0, 0.1) is 35.5 Å². The number of Topliss-reactive ketones (excluding diaryl/α,β-unsaturated/α-hetero) is 1. The predicted molar refractivity (Wildman–Crippen MR) is 69.8 cm³/mol. The third kappa shape index (κ3) is 3.23. The first-order chi connectivity index (χ1) is 8.70. The maximum atomic E-state index is 11.1. The number of ketones is 1. The third-order valence-corrected chi connectivity index (χ3v) is 2.98. The second-order valence-electron chi connectivity index (χ2n) is 4.44. The van der Waals surface area contributed by atoms with Gasteiger partial charge in [-0.1, -0.05) is 24.0 Å². The largest absolute Gasteiger partial charge is 0.396 e. The standard InChI is InChI=1S/C16H14O2/c1-12(18)14-8-6-13(7-9-14)4-2-3-5-15-10-16(15)11-17/h6-9,15-17H,10-11H2,1H3/t15-,16+/m1/s1. The van der Waals surface area contributed by atoms with E-state index < -0.39 is 0 Å². The lowest BCUT2D eigenvalue weighted by Gasteiger charge is -1.93. The van der Waals surface area contributed by atoms with Crippen molar-refractivity contribution in [2.75, 3.05) is 6.61 Å². The maximum absolute atomic E-state index is 11.1. The Kier molecular flexibility index (Phi) is 3.82. The summed E-state index contributed by atoms with van der Waals surface area (Å²) < 4.78 is 0. The van der Waals surface area contributed by atoms with Crippen molar-refractivity contribution >= 4 is 5.78 Å². The topological polar surface area (TPSA) is 37.3 Å². The molecule has 0 saturated heterocycles. The summed E-state index contributed by atoms with van der Waals surface area (Å²) in [4.78, 5) is 11.1. The Morgan fingerprint density at radius 2 is 2.06 bits per heavy atom. The summed E-state index contributed by atoms with van der Waals surface area (Å²) in [5, 5.41) is 8.85. The molecule has 0 bridgehead atoms. The lowest BCUT2D eigenvalue weighted by molar-refractivity contribution is 0.101. The first kappa shape index (κ1) is 12.4. The molecule has 1 aromatic rings. The van der Waals surface area contributed by atoms with E-state index in [9.17, 15) is 4.79 Å². The Bertz CT molecular complexity index is 561. The van der Waals surface area contributed by atoms with Crippen LogP contribution in [0.15, 0.2) is 24.3 Å². The molecular formula is C16H14O2. The van der Waals surface area contributed by atoms with Crippen LogP contribution in [0.25, 0.3) is 0 Å². The number of benzene rings is 1. The Balaban J connectivity index is 1.96. The van der Waals surface area contributed by atoms with Gasteiger partial charge in [0.15, 0.2) is 5.78 Å². The quantitative estimate of drug-likeness (QED) is 0.631. The lowest BCUT2D eigenvalue weighted by Crippen LogP contribution is -1.90. The molecule has 2 rings (SSSR count). The molecule has 1 N–H and O–H groups in total. The van der Waals surface area contributed by atoms with Gasteiger partial charge in [-0.2, -0.15) is 0 Å². The van der Waals surface area contributed by atoms with Crippen molar-refractivity contribution in [3.8, 4) is 23.7 Å². The van der Waals surface area contributed by atoms with Crippen LogP contribution in [0.3, 0.4) is 0 Å². The Hall–Kier alpha value is -2.03. The second-order valence-corrected chi connectivity index (χ2v) is 4.44. The van der Waals surface area contributed by atoms with Gasteiger partial charge in [0.25, 0.3) is 0 Å². The van der Waals surface area contributed by atoms with E-state index in [-0.39, 0.29) is 12.4 Å². The van der Waals surface area contributed by atoms with E-state index in [4.69, 9.17) is 5.11 Å². The zero-order chi connectivity index (χ0) is 13.0. The van der Waals surface area contributed by atoms with Gasteiger partial charge in [0.2, 0.25) is 0 Å². The van der Waals surface area contributed by atoms with Gasteiger partial charge in [0.1, 0.15) is 0 Å². The monoisotopic (exact) mass is 238 g/mol. The van der Waals surface area contributed by atoms with Crippen LogP contribution in [-0.4, -0.2) is 17.5 Å². The van der Waals surface area contributed by atoms with E-state index in [1.165, 1.54) is 0 Å². The van der Waals surface area contributed by atoms with Gasteiger partial charge in [-0.3, -0.25) is 4.79 Å². The molecule has 90 valence electrons. The van der Waals surface area contributed by atoms with E-state index in [0.29, 0.717) is 17.4 Å². The number of aliphatic hydroxyl groups is 1. The minimum absolute atomic E-state index is 0.0538. The van der Waals surface area contributed by atoms with Gasteiger partial charge in [0.05, 0.1) is 0 Å².